The molecule has 1 aromatic carbocycles. The first-order valence-electron chi connectivity index (χ1n) is 5.31. The Labute approximate surface area is 130 Å². The lowest BCUT2D eigenvalue weighted by molar-refractivity contribution is 0.0965. The van der Waals surface area contributed by atoms with Gasteiger partial charge in [-0.05, 0) is 74.6 Å². The van der Waals surface area contributed by atoms with Crippen molar-refractivity contribution in [2.24, 2.45) is 0 Å². The van der Waals surface area contributed by atoms with Crippen molar-refractivity contribution in [2.45, 2.75) is 34.7 Å². The minimum Gasteiger partial charge on any atom is -0.478 e. The fourth-order valence-electron chi connectivity index (χ4n) is 1.30. The predicted molar refractivity (Wildman–Crippen MR) is 87.6 cm³/mol. The van der Waals surface area contributed by atoms with Crippen LogP contribution in [0.3, 0.4) is 0 Å². The van der Waals surface area contributed by atoms with E-state index in [1.807, 2.05) is 52.0 Å². The molecule has 4 heteroatoms. The molecule has 0 N–H and O–H groups in total. The molecule has 94 valence electrons. The lowest BCUT2D eigenvalue weighted by Gasteiger charge is -2.20. The zero-order valence-electron chi connectivity index (χ0n) is 10.4. The smallest absolute Gasteiger partial charge is 0.178 e. The van der Waals surface area contributed by atoms with Gasteiger partial charge in [-0.2, -0.15) is 0 Å². The van der Waals surface area contributed by atoms with E-state index in [0.717, 1.165) is 11.3 Å². The fraction of sp³-hybridized carbons (Fsp3) is 0.462. The Morgan fingerprint density at radius 3 is 1.88 bits per heavy atom. The van der Waals surface area contributed by atoms with Gasteiger partial charge in [-0.3, -0.25) is 4.79 Å². The molecule has 0 aliphatic heterocycles. The van der Waals surface area contributed by atoms with Gasteiger partial charge in [-0.15, -0.1) is 0 Å². The molecule has 0 fully saturated rings. The number of hydrogen-bond donors (Lipinski definition) is 0. The molecular formula is C13H16I2O2. The molecule has 0 aliphatic carbocycles. The highest BCUT2D eigenvalue weighted by atomic mass is 127. The summed E-state index contributed by atoms with van der Waals surface area (Å²) in [7, 11) is 0. The van der Waals surface area contributed by atoms with E-state index in [2.05, 4.69) is 45.2 Å². The average molecular weight is 458 g/mol. The first kappa shape index (κ1) is 15.2. The zero-order valence-corrected chi connectivity index (χ0v) is 14.7. The molecule has 0 amide bonds. The van der Waals surface area contributed by atoms with E-state index in [1.165, 1.54) is 0 Å². The van der Waals surface area contributed by atoms with Gasteiger partial charge < -0.3 is 4.74 Å². The summed E-state index contributed by atoms with van der Waals surface area (Å²) in [6.07, 6.45) is 0. The third kappa shape index (κ3) is 5.11. The van der Waals surface area contributed by atoms with Crippen molar-refractivity contribution in [3.63, 3.8) is 0 Å². The third-order valence-electron chi connectivity index (χ3n) is 2.02. The van der Waals surface area contributed by atoms with Crippen LogP contribution in [-0.2, 0) is 0 Å². The van der Waals surface area contributed by atoms with Crippen LogP contribution < -0.4 is 4.74 Å². The van der Waals surface area contributed by atoms with Crippen LogP contribution in [0.5, 0.6) is 5.75 Å². The number of ether oxygens (including phenoxy) is 1. The lowest BCUT2D eigenvalue weighted by atomic mass is 10.0. The first-order chi connectivity index (χ1) is 7.59. The largest absolute Gasteiger partial charge is 0.478 e. The van der Waals surface area contributed by atoms with Crippen LogP contribution in [0.25, 0.3) is 0 Å². The van der Waals surface area contributed by atoms with Crippen LogP contribution in [0.1, 0.15) is 38.1 Å². The van der Waals surface area contributed by atoms with Gasteiger partial charge in [0.25, 0.3) is 0 Å². The van der Waals surface area contributed by atoms with Gasteiger partial charge in [-0.25, -0.2) is 0 Å². The first-order valence-corrected chi connectivity index (χ1v) is 7.47. The van der Waals surface area contributed by atoms with E-state index in [9.17, 15) is 4.79 Å². The molecule has 0 spiro atoms. The average Bonchev–Trinajstić information content (AvgIpc) is 2.14. The molecule has 0 atom stereocenters. The summed E-state index contributed by atoms with van der Waals surface area (Å²) >= 11 is 4.38. The van der Waals surface area contributed by atoms with Crippen molar-refractivity contribution < 1.29 is 9.53 Å². The molecule has 0 unspecified atom stereocenters. The van der Waals surface area contributed by atoms with Crippen LogP contribution in [-0.4, -0.2) is 12.8 Å². The number of alkyl halides is 2. The summed E-state index contributed by atoms with van der Waals surface area (Å²) in [5.41, 5.74) is 0.725. The molecule has 0 saturated carbocycles. The molecular weight excluding hydrogens is 442 g/mol. The second kappa shape index (κ2) is 5.42. The van der Waals surface area contributed by atoms with Crippen molar-refractivity contribution in [1.29, 1.82) is 0 Å². The van der Waals surface area contributed by atoms with Crippen molar-refractivity contribution in [3.8, 4) is 5.75 Å². The summed E-state index contributed by atoms with van der Waals surface area (Å²) in [6.45, 7) is 7.80. The van der Waals surface area contributed by atoms with Crippen molar-refractivity contribution >= 4 is 51.0 Å². The maximum Gasteiger partial charge on any atom is 0.178 e. The summed E-state index contributed by atoms with van der Waals surface area (Å²) in [4.78, 5) is 12.0. The maximum absolute atomic E-state index is 12.0. The summed E-state index contributed by atoms with van der Waals surface area (Å²) in [6, 6.07) is 7.33. The van der Waals surface area contributed by atoms with E-state index < -0.39 is 0 Å². The van der Waals surface area contributed by atoms with Gasteiger partial charge in [0.15, 0.2) is 9.39 Å². The van der Waals surface area contributed by atoms with Crippen LogP contribution >= 0.6 is 45.2 Å². The second-order valence-corrected chi connectivity index (χ2v) is 10.1. The Hall–Kier alpha value is 0.150. The normalized spacial score (nSPS) is 12.4. The van der Waals surface area contributed by atoms with Crippen LogP contribution in [0.15, 0.2) is 24.3 Å². The number of Topliss-reactive ketones (excluding diaryl/α,β-unsaturated/α-hetero) is 1. The summed E-state index contributed by atoms with van der Waals surface area (Å²) in [5.74, 6) is 0.922. The SMILES string of the molecule is CC(C)(I)Oc1ccc(C(=O)C(C)(C)I)cc1. The van der Waals surface area contributed by atoms with Gasteiger partial charge in [0.1, 0.15) is 5.75 Å². The number of carbonyl (C=O) groups excluding carboxylic acids is 1. The monoisotopic (exact) mass is 458 g/mol. The molecule has 17 heavy (non-hydrogen) atoms. The minimum atomic E-state index is -0.372. The highest BCUT2D eigenvalue weighted by molar-refractivity contribution is 14.1. The van der Waals surface area contributed by atoms with Crippen molar-refractivity contribution in [1.82, 2.24) is 0 Å². The Morgan fingerprint density at radius 2 is 1.53 bits per heavy atom. The molecule has 1 aromatic rings. The Morgan fingerprint density at radius 1 is 1.06 bits per heavy atom. The van der Waals surface area contributed by atoms with E-state index in [-0.39, 0.29) is 12.8 Å². The second-order valence-electron chi connectivity index (χ2n) is 4.79. The topological polar surface area (TPSA) is 26.3 Å². The number of ketones is 1. The summed E-state index contributed by atoms with van der Waals surface area (Å²) < 4.78 is 5.08. The minimum absolute atomic E-state index is 0.137. The fourth-order valence-corrected chi connectivity index (χ4v) is 1.86. The number of rotatable bonds is 4. The Balaban J connectivity index is 2.86. The van der Waals surface area contributed by atoms with Gasteiger partial charge >= 0.3 is 0 Å². The molecule has 0 bridgehead atoms. The van der Waals surface area contributed by atoms with E-state index >= 15 is 0 Å². The van der Waals surface area contributed by atoms with E-state index in [1.54, 1.807) is 0 Å². The summed E-state index contributed by atoms with van der Waals surface area (Å²) in [5, 5.41) is 0. The van der Waals surface area contributed by atoms with Gasteiger partial charge in [0.2, 0.25) is 0 Å². The number of halogens is 2. The van der Waals surface area contributed by atoms with Crippen LogP contribution in [0.4, 0.5) is 0 Å². The van der Waals surface area contributed by atoms with Gasteiger partial charge in [0, 0.05) is 5.56 Å². The molecule has 0 saturated heterocycles. The number of carbonyl (C=O) groups is 1. The number of hydrogen-bond acceptors (Lipinski definition) is 2. The molecule has 0 aromatic heterocycles. The number of benzene rings is 1. The molecule has 0 heterocycles. The standard InChI is InChI=1S/C13H16I2O2/c1-12(2,14)11(16)9-5-7-10(8-6-9)17-13(3,4)15/h5-8H,1-4H3. The van der Waals surface area contributed by atoms with E-state index in [0.29, 0.717) is 0 Å². The highest BCUT2D eigenvalue weighted by Gasteiger charge is 2.24. The molecule has 2 nitrogen and oxygen atoms in total. The molecule has 0 radical (unpaired) electrons. The highest BCUT2D eigenvalue weighted by Crippen LogP contribution is 2.26. The Kier molecular flexibility index (Phi) is 4.85. The Bertz CT molecular complexity index is 397. The van der Waals surface area contributed by atoms with Crippen LogP contribution in [0.2, 0.25) is 0 Å². The van der Waals surface area contributed by atoms with Gasteiger partial charge in [0.05, 0.1) is 3.42 Å². The van der Waals surface area contributed by atoms with E-state index in [4.69, 9.17) is 4.74 Å². The van der Waals surface area contributed by atoms with Gasteiger partial charge in [-0.1, -0.05) is 22.6 Å². The third-order valence-corrected chi connectivity index (χ3v) is 2.73. The predicted octanol–water partition coefficient (Wildman–Crippen LogP) is 4.63. The van der Waals surface area contributed by atoms with Crippen LogP contribution in [0, 0.1) is 0 Å². The van der Waals surface area contributed by atoms with Crippen molar-refractivity contribution in [2.75, 3.05) is 0 Å². The molecule has 1 rings (SSSR count). The lowest BCUT2D eigenvalue weighted by Crippen LogP contribution is -2.24. The van der Waals surface area contributed by atoms with Crippen molar-refractivity contribution in [3.05, 3.63) is 29.8 Å². The zero-order chi connectivity index (χ0) is 13.3. The quantitative estimate of drug-likeness (QED) is 0.374. The molecule has 0 aliphatic rings. The maximum atomic E-state index is 12.0.